The van der Waals surface area contributed by atoms with Crippen LogP contribution in [0.1, 0.15) is 24.3 Å². The average Bonchev–Trinajstić information content (AvgIpc) is 2.69. The molecule has 5 heteroatoms. The van der Waals surface area contributed by atoms with Crippen molar-refractivity contribution in [2.45, 2.75) is 19.6 Å². The highest BCUT2D eigenvalue weighted by Crippen LogP contribution is 2.28. The van der Waals surface area contributed by atoms with Gasteiger partial charge in [-0.2, -0.15) is 5.10 Å². The lowest BCUT2D eigenvalue weighted by atomic mass is 10.1. The van der Waals surface area contributed by atoms with Crippen LogP contribution < -0.4 is 5.73 Å². The highest BCUT2D eigenvalue weighted by molar-refractivity contribution is 6.31. The molecule has 0 spiro atoms. The van der Waals surface area contributed by atoms with E-state index in [0.29, 0.717) is 28.5 Å². The second kappa shape index (κ2) is 4.77. The number of hydrogen-bond donors (Lipinski definition) is 2. The Kier molecular flexibility index (Phi) is 3.36. The number of aliphatic hydroxyl groups excluding tert-OH is 1. The normalized spacial score (nSPS) is 12.6. The van der Waals surface area contributed by atoms with Crippen molar-refractivity contribution in [1.29, 1.82) is 0 Å². The number of rotatable bonds is 3. The Balaban J connectivity index is 2.43. The van der Waals surface area contributed by atoms with E-state index in [0.717, 1.165) is 0 Å². The number of aromatic nitrogens is 2. The molecule has 2 aromatic rings. The lowest BCUT2D eigenvalue weighted by molar-refractivity contribution is 0.208. The summed E-state index contributed by atoms with van der Waals surface area (Å²) < 4.78 is 1.68. The molecular formula is C12H14ClN3O. The van der Waals surface area contributed by atoms with Gasteiger partial charge in [0, 0.05) is 12.2 Å². The summed E-state index contributed by atoms with van der Waals surface area (Å²) in [6, 6.07) is 7.11. The van der Waals surface area contributed by atoms with Crippen molar-refractivity contribution in [3.63, 3.8) is 0 Å². The minimum absolute atomic E-state index is 0.460. The van der Waals surface area contributed by atoms with Crippen molar-refractivity contribution >= 4 is 17.3 Å². The highest BCUT2D eigenvalue weighted by atomic mass is 35.5. The third-order valence-corrected chi connectivity index (χ3v) is 2.91. The van der Waals surface area contributed by atoms with E-state index in [-0.39, 0.29) is 0 Å². The first-order valence-electron chi connectivity index (χ1n) is 5.38. The number of nitrogens with zero attached hydrogens (tertiary/aromatic N) is 2. The molecule has 17 heavy (non-hydrogen) atoms. The van der Waals surface area contributed by atoms with Crippen molar-refractivity contribution < 1.29 is 5.11 Å². The number of benzene rings is 1. The molecule has 4 nitrogen and oxygen atoms in total. The van der Waals surface area contributed by atoms with Crippen molar-refractivity contribution in [1.82, 2.24) is 9.78 Å². The molecule has 1 aromatic heterocycles. The SMILES string of the molecule is CCn1ncc(Cl)c1C(O)c1cccc(N)c1. The summed E-state index contributed by atoms with van der Waals surface area (Å²) in [4.78, 5) is 0. The maximum absolute atomic E-state index is 10.3. The summed E-state index contributed by atoms with van der Waals surface area (Å²) in [7, 11) is 0. The second-order valence-electron chi connectivity index (χ2n) is 3.77. The van der Waals surface area contributed by atoms with E-state index in [2.05, 4.69) is 5.10 Å². The summed E-state index contributed by atoms with van der Waals surface area (Å²) >= 11 is 6.03. The maximum Gasteiger partial charge on any atom is 0.122 e. The van der Waals surface area contributed by atoms with Crippen LogP contribution in [-0.4, -0.2) is 14.9 Å². The summed E-state index contributed by atoms with van der Waals surface area (Å²) in [6.07, 6.45) is 0.726. The molecular weight excluding hydrogens is 238 g/mol. The molecule has 0 saturated carbocycles. The molecule has 1 aromatic carbocycles. The molecule has 0 aliphatic heterocycles. The first-order valence-corrected chi connectivity index (χ1v) is 5.76. The molecule has 0 aliphatic rings. The number of hydrogen-bond acceptors (Lipinski definition) is 3. The van der Waals surface area contributed by atoms with Gasteiger partial charge in [0.15, 0.2) is 0 Å². The number of aliphatic hydroxyl groups is 1. The molecule has 1 unspecified atom stereocenters. The number of aryl methyl sites for hydroxylation is 1. The van der Waals surface area contributed by atoms with Crippen LogP contribution in [0.25, 0.3) is 0 Å². The van der Waals surface area contributed by atoms with Crippen LogP contribution in [0.5, 0.6) is 0 Å². The van der Waals surface area contributed by atoms with E-state index in [1.807, 2.05) is 13.0 Å². The predicted octanol–water partition coefficient (Wildman–Crippen LogP) is 2.22. The van der Waals surface area contributed by atoms with Crippen LogP contribution in [-0.2, 0) is 6.54 Å². The van der Waals surface area contributed by atoms with Crippen LogP contribution in [0.15, 0.2) is 30.5 Å². The zero-order chi connectivity index (χ0) is 12.4. The van der Waals surface area contributed by atoms with Crippen molar-refractivity contribution in [2.75, 3.05) is 5.73 Å². The van der Waals surface area contributed by atoms with Crippen LogP contribution in [0, 0.1) is 0 Å². The van der Waals surface area contributed by atoms with Gasteiger partial charge in [-0.05, 0) is 24.6 Å². The van der Waals surface area contributed by atoms with E-state index in [1.165, 1.54) is 6.20 Å². The van der Waals surface area contributed by atoms with Gasteiger partial charge in [-0.25, -0.2) is 0 Å². The minimum atomic E-state index is -0.812. The number of nitrogen functional groups attached to an aromatic ring is 1. The second-order valence-corrected chi connectivity index (χ2v) is 4.17. The van der Waals surface area contributed by atoms with E-state index >= 15 is 0 Å². The Hall–Kier alpha value is -1.52. The zero-order valence-corrected chi connectivity index (χ0v) is 10.2. The van der Waals surface area contributed by atoms with E-state index in [1.54, 1.807) is 22.9 Å². The molecule has 0 radical (unpaired) electrons. The quantitative estimate of drug-likeness (QED) is 0.823. The van der Waals surface area contributed by atoms with E-state index in [4.69, 9.17) is 17.3 Å². The number of anilines is 1. The summed E-state index contributed by atoms with van der Waals surface area (Å²) in [6.45, 7) is 2.60. The van der Waals surface area contributed by atoms with Gasteiger partial charge >= 0.3 is 0 Å². The molecule has 0 saturated heterocycles. The van der Waals surface area contributed by atoms with E-state index < -0.39 is 6.10 Å². The Labute approximate surface area is 105 Å². The smallest absolute Gasteiger partial charge is 0.122 e. The molecule has 2 rings (SSSR count). The van der Waals surface area contributed by atoms with Gasteiger partial charge < -0.3 is 10.8 Å². The largest absolute Gasteiger partial charge is 0.399 e. The fourth-order valence-electron chi connectivity index (χ4n) is 1.78. The monoisotopic (exact) mass is 251 g/mol. The van der Waals surface area contributed by atoms with Crippen LogP contribution in [0.4, 0.5) is 5.69 Å². The molecule has 90 valence electrons. The molecule has 0 amide bonds. The van der Waals surface area contributed by atoms with Crippen molar-refractivity contribution in [3.05, 3.63) is 46.7 Å². The standard InChI is InChI=1S/C12H14ClN3O/c1-2-16-11(10(13)7-15-16)12(17)8-4-3-5-9(14)6-8/h3-7,12,17H,2,14H2,1H3. The molecule has 1 heterocycles. The van der Waals surface area contributed by atoms with Crippen molar-refractivity contribution in [3.8, 4) is 0 Å². The Morgan fingerprint density at radius 3 is 2.94 bits per heavy atom. The Morgan fingerprint density at radius 1 is 1.53 bits per heavy atom. The molecule has 0 aliphatic carbocycles. The molecule has 0 bridgehead atoms. The number of halogens is 1. The van der Waals surface area contributed by atoms with Gasteiger partial charge in [0.2, 0.25) is 0 Å². The average molecular weight is 252 g/mol. The van der Waals surface area contributed by atoms with Crippen LogP contribution in [0.2, 0.25) is 5.02 Å². The fourth-order valence-corrected chi connectivity index (χ4v) is 2.03. The van der Waals surface area contributed by atoms with Gasteiger partial charge in [-0.15, -0.1) is 0 Å². The van der Waals surface area contributed by atoms with Gasteiger partial charge in [-0.1, -0.05) is 23.7 Å². The highest BCUT2D eigenvalue weighted by Gasteiger charge is 2.19. The molecule has 1 atom stereocenters. The van der Waals surface area contributed by atoms with Crippen molar-refractivity contribution in [2.24, 2.45) is 0 Å². The first kappa shape index (κ1) is 12.0. The third kappa shape index (κ3) is 2.28. The summed E-state index contributed by atoms with van der Waals surface area (Å²) in [5.41, 5.74) is 7.61. The minimum Gasteiger partial charge on any atom is -0.399 e. The first-order chi connectivity index (χ1) is 8.13. The summed E-state index contributed by atoms with van der Waals surface area (Å²) in [5.74, 6) is 0. The lowest BCUT2D eigenvalue weighted by Gasteiger charge is -2.14. The molecule has 3 N–H and O–H groups in total. The van der Waals surface area contributed by atoms with Crippen LogP contribution in [0.3, 0.4) is 0 Å². The van der Waals surface area contributed by atoms with Crippen LogP contribution >= 0.6 is 11.6 Å². The maximum atomic E-state index is 10.3. The number of nitrogens with two attached hydrogens (primary N) is 1. The van der Waals surface area contributed by atoms with Gasteiger partial charge in [0.1, 0.15) is 6.10 Å². The fraction of sp³-hybridized carbons (Fsp3) is 0.250. The predicted molar refractivity (Wildman–Crippen MR) is 67.8 cm³/mol. The Morgan fingerprint density at radius 2 is 2.29 bits per heavy atom. The van der Waals surface area contributed by atoms with Gasteiger partial charge in [0.25, 0.3) is 0 Å². The van der Waals surface area contributed by atoms with E-state index in [9.17, 15) is 5.11 Å². The van der Waals surface area contributed by atoms with Gasteiger partial charge in [-0.3, -0.25) is 4.68 Å². The summed E-state index contributed by atoms with van der Waals surface area (Å²) in [5, 5.41) is 14.9. The zero-order valence-electron chi connectivity index (χ0n) is 9.47. The van der Waals surface area contributed by atoms with Gasteiger partial charge in [0.05, 0.1) is 16.9 Å². The topological polar surface area (TPSA) is 64.1 Å². The molecule has 0 fully saturated rings. The lowest BCUT2D eigenvalue weighted by Crippen LogP contribution is -2.09. The third-order valence-electron chi connectivity index (χ3n) is 2.62. The Bertz CT molecular complexity index is 524.